The molecule has 0 heterocycles. The molecule has 6 heteroatoms. The van der Waals surface area contributed by atoms with E-state index in [0.717, 1.165) is 11.0 Å². The fraction of sp³-hybridized carbons (Fsp3) is 0.500. The molecule has 0 saturated heterocycles. The summed E-state index contributed by atoms with van der Waals surface area (Å²) in [5, 5.41) is 1.03. The predicted octanol–water partition coefficient (Wildman–Crippen LogP) is 3.20. The van der Waals surface area contributed by atoms with Gasteiger partial charge in [-0.3, -0.25) is 0 Å². The molecule has 0 spiro atoms. The molecule has 0 unspecified atom stereocenters. The Morgan fingerprint density at radius 3 is 1.89 bits per heavy atom. The van der Waals surface area contributed by atoms with Crippen LogP contribution >= 0.6 is 31.6 Å². The van der Waals surface area contributed by atoms with Crippen LogP contribution in [-0.2, 0) is 9.05 Å². The number of halogens is 2. The van der Waals surface area contributed by atoms with Crippen LogP contribution in [0, 0.1) is 0 Å². The summed E-state index contributed by atoms with van der Waals surface area (Å²) >= 11 is 11.3. The van der Waals surface area contributed by atoms with Crippen LogP contribution in [0.5, 0.6) is 0 Å². The lowest BCUT2D eigenvalue weighted by atomic mass is 10.3. The van der Waals surface area contributed by atoms with Crippen LogP contribution in [0.15, 0.2) is 24.3 Å². The molecule has 0 bridgehead atoms. The molecule has 1 aromatic carbocycles. The summed E-state index contributed by atoms with van der Waals surface area (Å²) in [6, 6.07) is 8.12. The number of hydrogen-bond acceptors (Lipinski definition) is 3. The molecule has 102 valence electrons. The standard InChI is InChI=1S/C12H18Cl2NO2P/c1-15(2)11-3-5-12(6-4-11)18(16-9-7-13)17-10-8-14/h3-6H,7-10H2,1-2H3. The van der Waals surface area contributed by atoms with E-state index >= 15 is 0 Å². The summed E-state index contributed by atoms with van der Waals surface area (Å²) in [5.74, 6) is 0.914. The number of nitrogens with zero attached hydrogens (tertiary/aromatic N) is 1. The monoisotopic (exact) mass is 309 g/mol. The average Bonchev–Trinajstić information content (AvgIpc) is 2.39. The largest absolute Gasteiger partial charge is 0.378 e. The summed E-state index contributed by atoms with van der Waals surface area (Å²) in [7, 11) is 2.92. The highest BCUT2D eigenvalue weighted by Crippen LogP contribution is 2.37. The molecule has 0 aliphatic carbocycles. The Kier molecular flexibility index (Phi) is 7.96. The third-order valence-electron chi connectivity index (χ3n) is 2.15. The van der Waals surface area contributed by atoms with Gasteiger partial charge in [-0.2, -0.15) is 0 Å². The van der Waals surface area contributed by atoms with Gasteiger partial charge in [0.1, 0.15) is 0 Å². The third kappa shape index (κ3) is 5.29. The maximum Gasteiger partial charge on any atom is 0.205 e. The molecular weight excluding hydrogens is 292 g/mol. The number of anilines is 1. The van der Waals surface area contributed by atoms with Crippen LogP contribution in [0.3, 0.4) is 0 Å². The molecule has 3 nitrogen and oxygen atoms in total. The van der Waals surface area contributed by atoms with Gasteiger partial charge in [0.2, 0.25) is 8.38 Å². The average molecular weight is 310 g/mol. The molecule has 1 aromatic rings. The molecule has 0 atom stereocenters. The maximum absolute atomic E-state index is 5.63. The first-order valence-electron chi connectivity index (χ1n) is 5.64. The van der Waals surface area contributed by atoms with E-state index < -0.39 is 8.38 Å². The van der Waals surface area contributed by atoms with E-state index in [0.29, 0.717) is 25.0 Å². The van der Waals surface area contributed by atoms with E-state index in [4.69, 9.17) is 32.2 Å². The fourth-order valence-electron chi connectivity index (χ4n) is 1.29. The molecule has 0 saturated carbocycles. The predicted molar refractivity (Wildman–Crippen MR) is 80.7 cm³/mol. The molecule has 0 aliphatic rings. The van der Waals surface area contributed by atoms with E-state index in [1.165, 1.54) is 0 Å². The van der Waals surface area contributed by atoms with Crippen molar-refractivity contribution in [1.29, 1.82) is 0 Å². The van der Waals surface area contributed by atoms with Gasteiger partial charge in [0, 0.05) is 36.8 Å². The zero-order chi connectivity index (χ0) is 13.4. The highest BCUT2D eigenvalue weighted by Gasteiger charge is 2.13. The Hall–Kier alpha value is -0.0500. The van der Waals surface area contributed by atoms with Crippen molar-refractivity contribution in [3.8, 4) is 0 Å². The minimum absolute atomic E-state index is 0.457. The Bertz CT molecular complexity index is 327. The molecule has 0 N–H and O–H groups in total. The minimum Gasteiger partial charge on any atom is -0.378 e. The van der Waals surface area contributed by atoms with Gasteiger partial charge in [-0.15, -0.1) is 23.2 Å². The molecule has 0 aliphatic heterocycles. The highest BCUT2D eigenvalue weighted by molar-refractivity contribution is 7.56. The lowest BCUT2D eigenvalue weighted by Crippen LogP contribution is -2.12. The Labute approximate surface area is 120 Å². The van der Waals surface area contributed by atoms with Crippen LogP contribution < -0.4 is 10.2 Å². The lowest BCUT2D eigenvalue weighted by molar-refractivity contribution is 0.280. The van der Waals surface area contributed by atoms with Crippen LogP contribution in [-0.4, -0.2) is 39.1 Å². The van der Waals surface area contributed by atoms with Gasteiger partial charge in [-0.25, -0.2) is 0 Å². The second-order valence-electron chi connectivity index (χ2n) is 3.71. The van der Waals surface area contributed by atoms with E-state index in [9.17, 15) is 0 Å². The van der Waals surface area contributed by atoms with Gasteiger partial charge in [-0.05, 0) is 24.3 Å². The number of hydrogen-bond donors (Lipinski definition) is 0. The molecule has 0 aromatic heterocycles. The first-order valence-corrected chi connectivity index (χ1v) is 7.89. The molecule has 0 amide bonds. The van der Waals surface area contributed by atoms with Crippen LogP contribution in [0.2, 0.25) is 0 Å². The van der Waals surface area contributed by atoms with Gasteiger partial charge in [0.05, 0.1) is 13.2 Å². The van der Waals surface area contributed by atoms with Crippen molar-refractivity contribution in [3.05, 3.63) is 24.3 Å². The summed E-state index contributed by atoms with van der Waals surface area (Å²) in [6.07, 6.45) is 0. The topological polar surface area (TPSA) is 21.7 Å². The molecule has 0 radical (unpaired) electrons. The Morgan fingerprint density at radius 1 is 1.00 bits per heavy atom. The van der Waals surface area contributed by atoms with Gasteiger partial charge in [0.25, 0.3) is 0 Å². The van der Waals surface area contributed by atoms with Crippen LogP contribution in [0.4, 0.5) is 5.69 Å². The van der Waals surface area contributed by atoms with Crippen molar-refractivity contribution in [1.82, 2.24) is 0 Å². The van der Waals surface area contributed by atoms with Crippen LogP contribution in [0.25, 0.3) is 0 Å². The van der Waals surface area contributed by atoms with Crippen LogP contribution in [0.1, 0.15) is 0 Å². The number of benzene rings is 1. The molecule has 18 heavy (non-hydrogen) atoms. The Morgan fingerprint density at radius 2 is 1.50 bits per heavy atom. The van der Waals surface area contributed by atoms with Crippen molar-refractivity contribution >= 4 is 42.6 Å². The van der Waals surface area contributed by atoms with E-state index in [1.54, 1.807) is 0 Å². The third-order valence-corrected chi connectivity index (χ3v) is 4.01. The zero-order valence-electron chi connectivity index (χ0n) is 10.6. The van der Waals surface area contributed by atoms with Crippen molar-refractivity contribution < 1.29 is 9.05 Å². The SMILES string of the molecule is CN(C)c1ccc(P(OCCCl)OCCCl)cc1. The van der Waals surface area contributed by atoms with Gasteiger partial charge < -0.3 is 13.9 Å². The first kappa shape index (κ1) is 16.0. The first-order chi connectivity index (χ1) is 8.69. The molecule has 0 fully saturated rings. The highest BCUT2D eigenvalue weighted by atomic mass is 35.5. The Balaban J connectivity index is 2.70. The van der Waals surface area contributed by atoms with E-state index in [-0.39, 0.29) is 0 Å². The second kappa shape index (κ2) is 8.95. The van der Waals surface area contributed by atoms with E-state index in [1.807, 2.05) is 43.3 Å². The van der Waals surface area contributed by atoms with Crippen molar-refractivity contribution in [2.45, 2.75) is 0 Å². The quantitative estimate of drug-likeness (QED) is 0.544. The van der Waals surface area contributed by atoms with Gasteiger partial charge >= 0.3 is 0 Å². The molecular formula is C12H18Cl2NO2P. The summed E-state index contributed by atoms with van der Waals surface area (Å²) in [6.45, 7) is 0.954. The van der Waals surface area contributed by atoms with Gasteiger partial charge in [0.15, 0.2) is 0 Å². The van der Waals surface area contributed by atoms with Crippen molar-refractivity contribution in [2.24, 2.45) is 0 Å². The van der Waals surface area contributed by atoms with E-state index in [2.05, 4.69) is 0 Å². The van der Waals surface area contributed by atoms with Gasteiger partial charge in [-0.1, -0.05) is 0 Å². The number of alkyl halides is 2. The summed E-state index contributed by atoms with van der Waals surface area (Å²) < 4.78 is 11.2. The van der Waals surface area contributed by atoms with Crippen molar-refractivity contribution in [3.63, 3.8) is 0 Å². The minimum atomic E-state index is -1.09. The second-order valence-corrected chi connectivity index (χ2v) is 6.02. The smallest absolute Gasteiger partial charge is 0.205 e. The summed E-state index contributed by atoms with van der Waals surface area (Å²) in [4.78, 5) is 2.05. The maximum atomic E-state index is 5.63. The summed E-state index contributed by atoms with van der Waals surface area (Å²) in [5.41, 5.74) is 1.14. The number of rotatable bonds is 8. The fourth-order valence-corrected chi connectivity index (χ4v) is 2.94. The van der Waals surface area contributed by atoms with Crippen molar-refractivity contribution in [2.75, 3.05) is 44.0 Å². The lowest BCUT2D eigenvalue weighted by Gasteiger charge is -2.18. The normalized spacial score (nSPS) is 10.9. The zero-order valence-corrected chi connectivity index (χ0v) is 13.0. The molecule has 1 rings (SSSR count).